The van der Waals surface area contributed by atoms with Crippen LogP contribution in [0.15, 0.2) is 21.8 Å². The SMILES string of the molecule is CCNC(=NCCCCOCCOC)N1CCN(S(=O)(=O)Cc2ccon2)CC1. The van der Waals surface area contributed by atoms with Gasteiger partial charge in [-0.25, -0.2) is 8.42 Å². The summed E-state index contributed by atoms with van der Waals surface area (Å²) in [6, 6.07) is 1.58. The second-order valence-electron chi connectivity index (χ2n) is 6.68. The molecular formula is C18H33N5O5S. The lowest BCUT2D eigenvalue weighted by molar-refractivity contribution is 0.0690. The lowest BCUT2D eigenvalue weighted by Gasteiger charge is -2.35. The van der Waals surface area contributed by atoms with Gasteiger partial charge in [0.05, 0.1) is 18.9 Å². The third-order valence-corrected chi connectivity index (χ3v) is 6.29. The Hall–Kier alpha value is -1.69. The number of rotatable bonds is 12. The Labute approximate surface area is 173 Å². The van der Waals surface area contributed by atoms with Gasteiger partial charge < -0.3 is 24.2 Å². The van der Waals surface area contributed by atoms with Crippen molar-refractivity contribution in [2.24, 2.45) is 4.99 Å². The van der Waals surface area contributed by atoms with Crippen LogP contribution in [0.25, 0.3) is 0 Å². The van der Waals surface area contributed by atoms with Gasteiger partial charge in [0.25, 0.3) is 0 Å². The van der Waals surface area contributed by atoms with Gasteiger partial charge in [-0.3, -0.25) is 4.99 Å². The molecule has 1 aliphatic rings. The topological polar surface area (TPSA) is 110 Å². The number of hydrogen-bond acceptors (Lipinski definition) is 7. The molecule has 1 N–H and O–H groups in total. The zero-order chi connectivity index (χ0) is 21.0. The Balaban J connectivity index is 1.76. The first-order valence-corrected chi connectivity index (χ1v) is 11.6. The smallest absolute Gasteiger partial charge is 0.220 e. The first kappa shape index (κ1) is 23.6. The Morgan fingerprint density at radius 1 is 1.24 bits per heavy atom. The molecule has 10 nitrogen and oxygen atoms in total. The van der Waals surface area contributed by atoms with E-state index < -0.39 is 10.0 Å². The quantitative estimate of drug-likeness (QED) is 0.290. The monoisotopic (exact) mass is 431 g/mol. The highest BCUT2D eigenvalue weighted by molar-refractivity contribution is 7.88. The van der Waals surface area contributed by atoms with Crippen molar-refractivity contribution in [1.29, 1.82) is 0 Å². The van der Waals surface area contributed by atoms with E-state index >= 15 is 0 Å². The molecule has 1 aliphatic heterocycles. The van der Waals surface area contributed by atoms with Gasteiger partial charge in [0.15, 0.2) is 5.96 Å². The summed E-state index contributed by atoms with van der Waals surface area (Å²) in [6.45, 7) is 7.50. The molecule has 0 bridgehead atoms. The standard InChI is InChI=1S/C18H33N5O5S/c1-3-19-18(20-7-4-5-12-27-15-14-26-2)22-8-10-23(11-9-22)29(24,25)16-17-6-13-28-21-17/h6,13H,3-5,7-12,14-16H2,1-2H3,(H,19,20). The minimum atomic E-state index is -3.40. The molecule has 11 heteroatoms. The first-order chi connectivity index (χ1) is 14.1. The summed E-state index contributed by atoms with van der Waals surface area (Å²) in [5.41, 5.74) is 0.425. The van der Waals surface area contributed by atoms with Crippen LogP contribution >= 0.6 is 0 Å². The molecule has 29 heavy (non-hydrogen) atoms. The summed E-state index contributed by atoms with van der Waals surface area (Å²) in [4.78, 5) is 6.79. The average Bonchev–Trinajstić information content (AvgIpc) is 3.21. The number of aromatic nitrogens is 1. The highest BCUT2D eigenvalue weighted by Crippen LogP contribution is 2.13. The predicted octanol–water partition coefficient (Wildman–Crippen LogP) is 0.531. The highest BCUT2D eigenvalue weighted by Gasteiger charge is 2.28. The first-order valence-electron chi connectivity index (χ1n) is 10.0. The molecule has 0 aliphatic carbocycles. The number of methoxy groups -OCH3 is 1. The van der Waals surface area contributed by atoms with Gasteiger partial charge in [-0.2, -0.15) is 4.31 Å². The zero-order valence-corrected chi connectivity index (χ0v) is 18.2. The van der Waals surface area contributed by atoms with Crippen molar-refractivity contribution in [3.63, 3.8) is 0 Å². The fourth-order valence-corrected chi connectivity index (χ4v) is 4.36. The fourth-order valence-electron chi connectivity index (χ4n) is 2.94. The lowest BCUT2D eigenvalue weighted by Crippen LogP contribution is -2.53. The predicted molar refractivity (Wildman–Crippen MR) is 110 cm³/mol. The summed E-state index contributed by atoms with van der Waals surface area (Å²) >= 11 is 0. The molecule has 0 atom stereocenters. The molecule has 2 heterocycles. The van der Waals surface area contributed by atoms with Crippen LogP contribution in [0.1, 0.15) is 25.5 Å². The third kappa shape index (κ3) is 8.29. The van der Waals surface area contributed by atoms with E-state index in [-0.39, 0.29) is 5.75 Å². The maximum Gasteiger partial charge on any atom is 0.220 e. The molecule has 0 spiro atoms. The van der Waals surface area contributed by atoms with Gasteiger partial charge in [-0.05, 0) is 19.8 Å². The van der Waals surface area contributed by atoms with Crippen molar-refractivity contribution in [1.82, 2.24) is 19.7 Å². The summed E-state index contributed by atoms with van der Waals surface area (Å²) in [7, 11) is -1.74. The van der Waals surface area contributed by atoms with Crippen LogP contribution in [0.2, 0.25) is 0 Å². The van der Waals surface area contributed by atoms with Crippen LogP contribution in [-0.4, -0.2) is 94.9 Å². The zero-order valence-electron chi connectivity index (χ0n) is 17.4. The summed E-state index contributed by atoms with van der Waals surface area (Å²) in [5.74, 6) is 0.700. The van der Waals surface area contributed by atoms with Crippen molar-refractivity contribution < 1.29 is 22.4 Å². The van der Waals surface area contributed by atoms with E-state index in [0.717, 1.165) is 25.3 Å². The molecular weight excluding hydrogens is 398 g/mol. The van der Waals surface area contributed by atoms with E-state index in [4.69, 9.17) is 14.0 Å². The van der Waals surface area contributed by atoms with E-state index in [1.807, 2.05) is 6.92 Å². The lowest BCUT2D eigenvalue weighted by atomic mass is 10.3. The number of guanidine groups is 1. The molecule has 0 radical (unpaired) electrons. The van der Waals surface area contributed by atoms with Crippen molar-refractivity contribution in [3.8, 4) is 0 Å². The van der Waals surface area contributed by atoms with Gasteiger partial charge in [0, 0.05) is 59.1 Å². The molecule has 1 saturated heterocycles. The average molecular weight is 432 g/mol. The summed E-state index contributed by atoms with van der Waals surface area (Å²) in [5, 5.41) is 7.00. The number of piperazine rings is 1. The molecule has 0 aromatic carbocycles. The third-order valence-electron chi connectivity index (χ3n) is 4.48. The molecule has 1 aromatic rings. The maximum atomic E-state index is 12.6. The second-order valence-corrected chi connectivity index (χ2v) is 8.65. The van der Waals surface area contributed by atoms with E-state index in [0.29, 0.717) is 58.2 Å². The van der Waals surface area contributed by atoms with Gasteiger partial charge in [-0.15, -0.1) is 0 Å². The molecule has 1 fully saturated rings. The fraction of sp³-hybridized carbons (Fsp3) is 0.778. The summed E-state index contributed by atoms with van der Waals surface area (Å²) in [6.07, 6.45) is 3.27. The number of hydrogen-bond donors (Lipinski definition) is 1. The van der Waals surface area contributed by atoms with Crippen molar-refractivity contribution >= 4 is 16.0 Å². The van der Waals surface area contributed by atoms with Crippen molar-refractivity contribution in [2.75, 3.05) is 66.2 Å². The van der Waals surface area contributed by atoms with Crippen LogP contribution < -0.4 is 5.32 Å². The van der Waals surface area contributed by atoms with Crippen molar-refractivity contribution in [2.45, 2.75) is 25.5 Å². The Morgan fingerprint density at radius 2 is 2.03 bits per heavy atom. The minimum Gasteiger partial charge on any atom is -0.382 e. The Kier molecular flexibility index (Phi) is 10.4. The van der Waals surface area contributed by atoms with Gasteiger partial charge in [0.1, 0.15) is 12.0 Å². The van der Waals surface area contributed by atoms with E-state index in [1.165, 1.54) is 10.6 Å². The van der Waals surface area contributed by atoms with Crippen LogP contribution in [0.4, 0.5) is 0 Å². The van der Waals surface area contributed by atoms with Crippen LogP contribution in [-0.2, 0) is 25.2 Å². The molecule has 2 rings (SSSR count). The largest absolute Gasteiger partial charge is 0.382 e. The van der Waals surface area contributed by atoms with Crippen molar-refractivity contribution in [3.05, 3.63) is 18.0 Å². The van der Waals surface area contributed by atoms with Crippen LogP contribution in [0.3, 0.4) is 0 Å². The maximum absolute atomic E-state index is 12.6. The summed E-state index contributed by atoms with van der Waals surface area (Å²) < 4.78 is 41.7. The number of aliphatic imine (C=N–C) groups is 1. The number of nitrogens with one attached hydrogen (secondary N) is 1. The Bertz CT molecular complexity index is 688. The van der Waals surface area contributed by atoms with E-state index in [2.05, 4.69) is 20.4 Å². The molecule has 0 unspecified atom stereocenters. The van der Waals surface area contributed by atoms with Gasteiger partial charge in [0.2, 0.25) is 10.0 Å². The number of ether oxygens (including phenoxy) is 2. The molecule has 0 saturated carbocycles. The molecule has 0 amide bonds. The normalized spacial score (nSPS) is 16.3. The van der Waals surface area contributed by atoms with Crippen LogP contribution in [0.5, 0.6) is 0 Å². The Morgan fingerprint density at radius 3 is 2.69 bits per heavy atom. The number of nitrogens with zero attached hydrogens (tertiary/aromatic N) is 4. The van der Waals surface area contributed by atoms with Gasteiger partial charge >= 0.3 is 0 Å². The molecule has 166 valence electrons. The number of sulfonamides is 1. The minimum absolute atomic E-state index is 0.135. The van der Waals surface area contributed by atoms with E-state index in [1.54, 1.807) is 13.2 Å². The van der Waals surface area contributed by atoms with Gasteiger partial charge in [-0.1, -0.05) is 5.16 Å². The molecule has 1 aromatic heterocycles. The highest BCUT2D eigenvalue weighted by atomic mass is 32.2. The number of unbranched alkanes of at least 4 members (excludes halogenated alkanes) is 1. The second kappa shape index (κ2) is 12.8. The van der Waals surface area contributed by atoms with E-state index in [9.17, 15) is 8.42 Å². The van der Waals surface area contributed by atoms with Crippen LogP contribution in [0, 0.1) is 0 Å².